The van der Waals surface area contributed by atoms with Crippen LogP contribution in [-0.4, -0.2) is 37.5 Å². The standard InChI is InChI=1S/C10H12N4O3/c1-13-5-4-7(11-13)6-14-9(15)3-2-8(12-14)10(16)17/h4-5H,2-3,6H2,1H3,(H,16,17). The van der Waals surface area contributed by atoms with Crippen molar-refractivity contribution in [3.05, 3.63) is 18.0 Å². The fourth-order valence-electron chi connectivity index (χ4n) is 1.58. The Bertz CT molecular complexity index is 491. The van der Waals surface area contributed by atoms with Gasteiger partial charge in [-0.2, -0.15) is 10.2 Å². The molecule has 0 aromatic carbocycles. The molecule has 1 aromatic heterocycles. The summed E-state index contributed by atoms with van der Waals surface area (Å²) in [5.74, 6) is -1.26. The number of nitrogens with zero attached hydrogens (tertiary/aromatic N) is 4. The summed E-state index contributed by atoms with van der Waals surface area (Å²) in [4.78, 5) is 22.3. The number of carboxylic acid groups (broad SMARTS) is 1. The molecule has 1 amide bonds. The molecule has 90 valence electrons. The van der Waals surface area contributed by atoms with E-state index in [0.717, 1.165) is 5.01 Å². The van der Waals surface area contributed by atoms with Crippen molar-refractivity contribution in [3.63, 3.8) is 0 Å². The molecule has 0 atom stereocenters. The fourth-order valence-corrected chi connectivity index (χ4v) is 1.58. The van der Waals surface area contributed by atoms with E-state index in [1.165, 1.54) is 0 Å². The second-order valence-corrected chi connectivity index (χ2v) is 3.78. The van der Waals surface area contributed by atoms with Crippen LogP contribution in [0.4, 0.5) is 0 Å². The highest BCUT2D eigenvalue weighted by Gasteiger charge is 2.24. The molecule has 1 N–H and O–H groups in total. The van der Waals surface area contributed by atoms with E-state index in [-0.39, 0.29) is 31.0 Å². The Labute approximate surface area is 97.3 Å². The summed E-state index contributed by atoms with van der Waals surface area (Å²) in [5, 5.41) is 17.9. The summed E-state index contributed by atoms with van der Waals surface area (Å²) in [5.41, 5.74) is 0.691. The van der Waals surface area contributed by atoms with Gasteiger partial charge in [0, 0.05) is 26.1 Å². The van der Waals surface area contributed by atoms with Crippen molar-refractivity contribution in [2.24, 2.45) is 12.1 Å². The van der Waals surface area contributed by atoms with Crippen molar-refractivity contribution in [2.45, 2.75) is 19.4 Å². The number of hydrazone groups is 1. The first-order valence-electron chi connectivity index (χ1n) is 5.16. The third kappa shape index (κ3) is 2.49. The Morgan fingerprint density at radius 2 is 2.29 bits per heavy atom. The van der Waals surface area contributed by atoms with E-state index >= 15 is 0 Å². The van der Waals surface area contributed by atoms with Crippen LogP contribution in [0.3, 0.4) is 0 Å². The molecule has 0 radical (unpaired) electrons. The highest BCUT2D eigenvalue weighted by atomic mass is 16.4. The van der Waals surface area contributed by atoms with E-state index in [1.807, 2.05) is 0 Å². The van der Waals surface area contributed by atoms with Gasteiger partial charge in [0.15, 0.2) is 0 Å². The molecule has 0 spiro atoms. The van der Waals surface area contributed by atoms with Crippen LogP contribution in [0, 0.1) is 0 Å². The molecule has 7 heteroatoms. The highest BCUT2D eigenvalue weighted by Crippen LogP contribution is 2.12. The molecule has 0 fully saturated rings. The topological polar surface area (TPSA) is 87.8 Å². The van der Waals surface area contributed by atoms with Crippen molar-refractivity contribution in [3.8, 4) is 0 Å². The smallest absolute Gasteiger partial charge is 0.352 e. The Morgan fingerprint density at radius 3 is 2.88 bits per heavy atom. The lowest BCUT2D eigenvalue weighted by Gasteiger charge is -2.21. The molecular weight excluding hydrogens is 224 g/mol. The molecule has 0 bridgehead atoms. The number of amides is 1. The van der Waals surface area contributed by atoms with Gasteiger partial charge in [-0.15, -0.1) is 0 Å². The van der Waals surface area contributed by atoms with E-state index in [1.54, 1.807) is 24.0 Å². The summed E-state index contributed by atoms with van der Waals surface area (Å²) >= 11 is 0. The Kier molecular flexibility index (Phi) is 2.90. The SMILES string of the molecule is Cn1ccc(CN2N=C(C(=O)O)CCC2=O)n1. The van der Waals surface area contributed by atoms with Crippen molar-refractivity contribution < 1.29 is 14.7 Å². The number of aromatic nitrogens is 2. The van der Waals surface area contributed by atoms with Gasteiger partial charge in [0.1, 0.15) is 5.71 Å². The van der Waals surface area contributed by atoms with Gasteiger partial charge in [-0.1, -0.05) is 0 Å². The van der Waals surface area contributed by atoms with E-state index in [4.69, 9.17) is 5.11 Å². The summed E-state index contributed by atoms with van der Waals surface area (Å²) in [6, 6.07) is 1.76. The molecule has 2 rings (SSSR count). The van der Waals surface area contributed by atoms with E-state index < -0.39 is 5.97 Å². The summed E-state index contributed by atoms with van der Waals surface area (Å²) < 4.78 is 1.62. The van der Waals surface area contributed by atoms with E-state index in [2.05, 4.69) is 10.2 Å². The van der Waals surface area contributed by atoms with Gasteiger partial charge in [-0.25, -0.2) is 9.80 Å². The lowest BCUT2D eigenvalue weighted by Crippen LogP contribution is -2.33. The van der Waals surface area contributed by atoms with Gasteiger partial charge >= 0.3 is 5.97 Å². The van der Waals surface area contributed by atoms with Crippen LogP contribution in [-0.2, 0) is 23.2 Å². The molecular formula is C10H12N4O3. The Balaban J connectivity index is 2.15. The molecule has 0 saturated carbocycles. The van der Waals surface area contributed by atoms with Crippen LogP contribution >= 0.6 is 0 Å². The van der Waals surface area contributed by atoms with Gasteiger partial charge in [-0.05, 0) is 6.07 Å². The average molecular weight is 236 g/mol. The second-order valence-electron chi connectivity index (χ2n) is 3.78. The predicted octanol–water partition coefficient (Wildman–Crippen LogP) is -0.0169. The zero-order chi connectivity index (χ0) is 12.4. The van der Waals surface area contributed by atoms with Crippen molar-refractivity contribution in [1.82, 2.24) is 14.8 Å². The van der Waals surface area contributed by atoms with Crippen molar-refractivity contribution in [1.29, 1.82) is 0 Å². The first-order chi connectivity index (χ1) is 8.06. The van der Waals surface area contributed by atoms with Gasteiger partial charge in [0.25, 0.3) is 0 Å². The second kappa shape index (κ2) is 4.36. The van der Waals surface area contributed by atoms with Crippen LogP contribution in [0.5, 0.6) is 0 Å². The molecule has 0 aliphatic carbocycles. The number of hydrogen-bond donors (Lipinski definition) is 1. The fraction of sp³-hybridized carbons (Fsp3) is 0.400. The van der Waals surface area contributed by atoms with Gasteiger partial charge in [0.05, 0.1) is 12.2 Å². The van der Waals surface area contributed by atoms with Crippen LogP contribution in [0.25, 0.3) is 0 Å². The summed E-state index contributed by atoms with van der Waals surface area (Å²) in [7, 11) is 1.77. The first-order valence-corrected chi connectivity index (χ1v) is 5.16. The minimum atomic E-state index is -1.08. The van der Waals surface area contributed by atoms with Gasteiger partial charge in [-0.3, -0.25) is 9.48 Å². The Hall–Kier alpha value is -2.18. The van der Waals surface area contributed by atoms with Gasteiger partial charge in [0.2, 0.25) is 5.91 Å². The zero-order valence-corrected chi connectivity index (χ0v) is 9.33. The number of aliphatic carboxylic acids is 1. The van der Waals surface area contributed by atoms with Crippen LogP contribution in [0.2, 0.25) is 0 Å². The summed E-state index contributed by atoms with van der Waals surface area (Å²) in [6.45, 7) is 0.205. The maximum atomic E-state index is 11.6. The number of carbonyl (C=O) groups is 2. The molecule has 1 aromatic rings. The van der Waals surface area contributed by atoms with E-state index in [0.29, 0.717) is 5.69 Å². The number of hydrogen-bond acceptors (Lipinski definition) is 4. The first kappa shape index (κ1) is 11.3. The van der Waals surface area contributed by atoms with Crippen molar-refractivity contribution in [2.75, 3.05) is 0 Å². The monoisotopic (exact) mass is 236 g/mol. The molecule has 0 unspecified atom stereocenters. The quantitative estimate of drug-likeness (QED) is 0.799. The lowest BCUT2D eigenvalue weighted by molar-refractivity contribution is -0.133. The van der Waals surface area contributed by atoms with Crippen LogP contribution in [0.15, 0.2) is 17.4 Å². The lowest BCUT2D eigenvalue weighted by atomic mass is 10.1. The minimum Gasteiger partial charge on any atom is -0.477 e. The van der Waals surface area contributed by atoms with E-state index in [9.17, 15) is 9.59 Å². The molecule has 1 aliphatic rings. The molecule has 17 heavy (non-hydrogen) atoms. The van der Waals surface area contributed by atoms with Gasteiger partial charge < -0.3 is 5.11 Å². The molecule has 0 saturated heterocycles. The maximum absolute atomic E-state index is 11.6. The minimum absolute atomic E-state index is 0.0144. The van der Waals surface area contributed by atoms with Crippen LogP contribution in [0.1, 0.15) is 18.5 Å². The maximum Gasteiger partial charge on any atom is 0.352 e. The van der Waals surface area contributed by atoms with Crippen LogP contribution < -0.4 is 0 Å². The highest BCUT2D eigenvalue weighted by molar-refractivity contribution is 6.36. The number of aryl methyl sites for hydroxylation is 1. The molecule has 7 nitrogen and oxygen atoms in total. The molecule has 1 aliphatic heterocycles. The number of rotatable bonds is 3. The zero-order valence-electron chi connectivity index (χ0n) is 9.33. The normalized spacial score (nSPS) is 15.9. The average Bonchev–Trinajstić information content (AvgIpc) is 2.67. The Morgan fingerprint density at radius 1 is 1.53 bits per heavy atom. The largest absolute Gasteiger partial charge is 0.477 e. The summed E-state index contributed by atoms with van der Waals surface area (Å²) in [6.07, 6.45) is 2.12. The number of carbonyl (C=O) groups excluding carboxylic acids is 1. The molecule has 2 heterocycles. The predicted molar refractivity (Wildman–Crippen MR) is 58.1 cm³/mol. The van der Waals surface area contributed by atoms with Crippen molar-refractivity contribution >= 4 is 17.6 Å². The number of carboxylic acids is 1. The third-order valence-corrected chi connectivity index (χ3v) is 2.43. The third-order valence-electron chi connectivity index (χ3n) is 2.43.